The minimum absolute atomic E-state index is 0.00562. The number of rotatable bonds is 10. The first kappa shape index (κ1) is 23.8. The zero-order chi connectivity index (χ0) is 23.0. The van der Waals surface area contributed by atoms with Crippen molar-refractivity contribution in [2.24, 2.45) is 0 Å². The first-order chi connectivity index (χ1) is 15.4. The fourth-order valence-corrected chi connectivity index (χ4v) is 5.14. The van der Waals surface area contributed by atoms with Gasteiger partial charge in [-0.05, 0) is 23.8 Å². The van der Waals surface area contributed by atoms with Gasteiger partial charge >= 0.3 is 0 Å². The van der Waals surface area contributed by atoms with E-state index in [1.807, 2.05) is 54.6 Å². The Kier molecular flexibility index (Phi) is 8.27. The molecule has 0 saturated carbocycles. The molecule has 3 rings (SSSR count). The number of para-hydroxylation sites is 1. The monoisotopic (exact) mass is 472 g/mol. The Morgan fingerprint density at radius 2 is 1.62 bits per heavy atom. The summed E-state index contributed by atoms with van der Waals surface area (Å²) >= 11 is 6.17. The second-order valence-corrected chi connectivity index (χ2v) is 9.41. The maximum absolute atomic E-state index is 13.3. The van der Waals surface area contributed by atoms with E-state index in [9.17, 15) is 13.2 Å². The van der Waals surface area contributed by atoms with Gasteiger partial charge in [0.2, 0.25) is 15.9 Å². The van der Waals surface area contributed by atoms with Crippen LogP contribution < -0.4 is 10.1 Å². The van der Waals surface area contributed by atoms with Crippen LogP contribution in [-0.2, 0) is 27.9 Å². The van der Waals surface area contributed by atoms with E-state index in [0.29, 0.717) is 12.3 Å². The highest BCUT2D eigenvalue weighted by molar-refractivity contribution is 7.89. The summed E-state index contributed by atoms with van der Waals surface area (Å²) < 4.78 is 33.2. The fourth-order valence-electron chi connectivity index (χ4n) is 3.22. The first-order valence-electron chi connectivity index (χ1n) is 10.1. The van der Waals surface area contributed by atoms with Gasteiger partial charge in [-0.3, -0.25) is 4.79 Å². The smallest absolute Gasteiger partial charge is 0.244 e. The summed E-state index contributed by atoms with van der Waals surface area (Å²) in [5.74, 6) is 0.420. The molecule has 6 nitrogen and oxygen atoms in total. The van der Waals surface area contributed by atoms with Gasteiger partial charge in [-0.2, -0.15) is 4.31 Å². The van der Waals surface area contributed by atoms with Crippen LogP contribution in [0.1, 0.15) is 17.5 Å². The van der Waals surface area contributed by atoms with Gasteiger partial charge in [-0.15, -0.1) is 0 Å². The molecule has 1 N–H and O–H groups in total. The van der Waals surface area contributed by atoms with Gasteiger partial charge in [0.25, 0.3) is 0 Å². The molecule has 8 heteroatoms. The maximum Gasteiger partial charge on any atom is 0.244 e. The minimum Gasteiger partial charge on any atom is -0.496 e. The minimum atomic E-state index is -3.90. The number of methoxy groups -OCH3 is 1. The molecule has 0 aliphatic heterocycles. The lowest BCUT2D eigenvalue weighted by Crippen LogP contribution is -2.35. The third kappa shape index (κ3) is 6.09. The number of benzene rings is 3. The van der Waals surface area contributed by atoms with Gasteiger partial charge in [0.1, 0.15) is 10.6 Å². The summed E-state index contributed by atoms with van der Waals surface area (Å²) in [5.41, 5.74) is 1.66. The molecule has 0 unspecified atom stereocenters. The number of hydrogen-bond donors (Lipinski definition) is 1. The molecule has 0 atom stereocenters. The van der Waals surface area contributed by atoms with Crippen molar-refractivity contribution in [3.8, 4) is 5.75 Å². The molecule has 0 heterocycles. The Bertz CT molecular complexity index is 1150. The van der Waals surface area contributed by atoms with Crippen molar-refractivity contribution < 1.29 is 17.9 Å². The number of sulfonamides is 1. The van der Waals surface area contributed by atoms with E-state index in [4.69, 9.17) is 16.3 Å². The highest BCUT2D eigenvalue weighted by atomic mass is 35.5. The Labute approximate surface area is 193 Å². The number of nitrogens with one attached hydrogen (secondary N) is 1. The quantitative estimate of drug-likeness (QED) is 0.478. The van der Waals surface area contributed by atoms with E-state index >= 15 is 0 Å². The van der Waals surface area contributed by atoms with Gasteiger partial charge in [-0.1, -0.05) is 72.3 Å². The van der Waals surface area contributed by atoms with Gasteiger partial charge in [0.05, 0.1) is 12.1 Å². The van der Waals surface area contributed by atoms with Crippen LogP contribution in [0.4, 0.5) is 0 Å². The van der Waals surface area contributed by atoms with Crippen LogP contribution >= 0.6 is 11.6 Å². The van der Waals surface area contributed by atoms with Crippen LogP contribution in [0, 0.1) is 0 Å². The molecule has 1 amide bonds. The van der Waals surface area contributed by atoms with E-state index in [2.05, 4.69) is 5.32 Å². The van der Waals surface area contributed by atoms with Crippen LogP contribution in [-0.4, -0.2) is 32.3 Å². The number of ether oxygens (including phenoxy) is 1. The zero-order valence-corrected chi connectivity index (χ0v) is 19.3. The molecule has 0 spiro atoms. The highest BCUT2D eigenvalue weighted by Gasteiger charge is 2.27. The van der Waals surface area contributed by atoms with Crippen molar-refractivity contribution in [3.63, 3.8) is 0 Å². The summed E-state index contributed by atoms with van der Waals surface area (Å²) in [7, 11) is -2.33. The lowest BCUT2D eigenvalue weighted by Gasteiger charge is -2.23. The standard InChI is InChI=1S/C24H25ClN2O4S/c1-31-22-13-7-5-11-20(22)17-26-24(28)15-16-27(18-19-9-3-2-4-10-19)32(29,30)23-14-8-6-12-21(23)25/h2-14H,15-18H2,1H3,(H,26,28). The van der Waals surface area contributed by atoms with Crippen molar-refractivity contribution in [1.29, 1.82) is 0 Å². The van der Waals surface area contributed by atoms with Crippen molar-refractivity contribution in [3.05, 3.63) is 95.0 Å². The number of hydrogen-bond acceptors (Lipinski definition) is 4. The number of carbonyl (C=O) groups is 1. The molecule has 0 fully saturated rings. The van der Waals surface area contributed by atoms with Crippen molar-refractivity contribution in [2.45, 2.75) is 24.4 Å². The average Bonchev–Trinajstić information content (AvgIpc) is 2.81. The Balaban J connectivity index is 1.73. The largest absolute Gasteiger partial charge is 0.496 e. The van der Waals surface area contributed by atoms with Crippen molar-refractivity contribution >= 4 is 27.5 Å². The third-order valence-corrected chi connectivity index (χ3v) is 7.26. The van der Waals surface area contributed by atoms with Gasteiger partial charge in [0.15, 0.2) is 0 Å². The molecule has 3 aromatic rings. The molecule has 3 aromatic carbocycles. The fraction of sp³-hybridized carbons (Fsp3) is 0.208. The molecule has 0 saturated heterocycles. The normalized spacial score (nSPS) is 11.3. The topological polar surface area (TPSA) is 75.7 Å². The third-order valence-electron chi connectivity index (χ3n) is 4.91. The second-order valence-electron chi connectivity index (χ2n) is 7.09. The van der Waals surface area contributed by atoms with Crippen molar-refractivity contribution in [1.82, 2.24) is 9.62 Å². The number of amides is 1. The summed E-state index contributed by atoms with van der Waals surface area (Å²) in [6.07, 6.45) is 0.00562. The highest BCUT2D eigenvalue weighted by Crippen LogP contribution is 2.25. The Hall–Kier alpha value is -2.87. The van der Waals surface area contributed by atoms with Gasteiger partial charge in [-0.25, -0.2) is 8.42 Å². The van der Waals surface area contributed by atoms with E-state index in [-0.39, 0.29) is 35.3 Å². The molecular weight excluding hydrogens is 448 g/mol. The van der Waals surface area contributed by atoms with Gasteiger partial charge < -0.3 is 10.1 Å². The lowest BCUT2D eigenvalue weighted by atomic mass is 10.2. The summed E-state index contributed by atoms with van der Waals surface area (Å²) in [4.78, 5) is 12.5. The molecule has 0 aromatic heterocycles. The Morgan fingerprint density at radius 1 is 0.969 bits per heavy atom. The molecule has 0 bridgehead atoms. The zero-order valence-electron chi connectivity index (χ0n) is 17.7. The number of halogens is 1. The predicted octanol–water partition coefficient (Wildman–Crippen LogP) is 4.25. The molecule has 0 aliphatic carbocycles. The average molecular weight is 473 g/mol. The summed E-state index contributed by atoms with van der Waals surface area (Å²) in [6.45, 7) is 0.438. The van der Waals surface area contributed by atoms with E-state index < -0.39 is 10.0 Å². The van der Waals surface area contributed by atoms with Crippen LogP contribution in [0.25, 0.3) is 0 Å². The molecule has 0 radical (unpaired) electrons. The summed E-state index contributed by atoms with van der Waals surface area (Å²) in [5, 5.41) is 2.97. The van der Waals surface area contributed by atoms with Crippen LogP contribution in [0.5, 0.6) is 5.75 Å². The predicted molar refractivity (Wildman–Crippen MR) is 125 cm³/mol. The van der Waals surface area contributed by atoms with Crippen LogP contribution in [0.15, 0.2) is 83.8 Å². The van der Waals surface area contributed by atoms with Crippen LogP contribution in [0.3, 0.4) is 0 Å². The van der Waals surface area contributed by atoms with Crippen LogP contribution in [0.2, 0.25) is 5.02 Å². The van der Waals surface area contributed by atoms with E-state index in [1.165, 1.54) is 16.4 Å². The van der Waals surface area contributed by atoms with Crippen molar-refractivity contribution in [2.75, 3.05) is 13.7 Å². The van der Waals surface area contributed by atoms with Gasteiger partial charge in [0, 0.05) is 31.6 Å². The van der Waals surface area contributed by atoms with E-state index in [0.717, 1.165) is 11.1 Å². The number of carbonyl (C=O) groups excluding carboxylic acids is 1. The molecule has 0 aliphatic rings. The first-order valence-corrected chi connectivity index (χ1v) is 11.9. The summed E-state index contributed by atoms with van der Waals surface area (Å²) in [6, 6.07) is 22.9. The molecule has 168 valence electrons. The molecular formula is C24H25ClN2O4S. The Morgan fingerprint density at radius 3 is 2.34 bits per heavy atom. The second kappa shape index (κ2) is 11.1. The molecule has 32 heavy (non-hydrogen) atoms. The SMILES string of the molecule is COc1ccccc1CNC(=O)CCN(Cc1ccccc1)S(=O)(=O)c1ccccc1Cl. The number of nitrogens with zero attached hydrogens (tertiary/aromatic N) is 1. The maximum atomic E-state index is 13.3. The lowest BCUT2D eigenvalue weighted by molar-refractivity contribution is -0.121. The van der Waals surface area contributed by atoms with E-state index in [1.54, 1.807) is 19.2 Å².